The van der Waals surface area contributed by atoms with Crippen molar-refractivity contribution in [2.45, 2.75) is 43.5 Å². The second kappa shape index (κ2) is 5.59. The SMILES string of the molecule is Cc1cc(S(=O)(=O)N2CCCCC2)cc2c1OCCC2N. The molecule has 21 heavy (non-hydrogen) atoms. The Morgan fingerprint density at radius 1 is 1.24 bits per heavy atom. The van der Waals surface area contributed by atoms with Gasteiger partial charge >= 0.3 is 0 Å². The lowest BCUT2D eigenvalue weighted by molar-refractivity contribution is 0.266. The van der Waals surface area contributed by atoms with Crippen molar-refractivity contribution in [3.8, 4) is 5.75 Å². The van der Waals surface area contributed by atoms with E-state index < -0.39 is 10.0 Å². The lowest BCUT2D eigenvalue weighted by atomic mass is 9.99. The predicted octanol–water partition coefficient (Wildman–Crippen LogP) is 1.95. The zero-order valence-corrected chi connectivity index (χ0v) is 13.2. The molecule has 0 spiro atoms. The monoisotopic (exact) mass is 310 g/mol. The van der Waals surface area contributed by atoms with Gasteiger partial charge in [-0.25, -0.2) is 8.42 Å². The summed E-state index contributed by atoms with van der Waals surface area (Å²) >= 11 is 0. The Balaban J connectivity index is 2.02. The Labute approximate surface area is 126 Å². The smallest absolute Gasteiger partial charge is 0.243 e. The Hall–Kier alpha value is -1.11. The average molecular weight is 310 g/mol. The van der Waals surface area contributed by atoms with Gasteiger partial charge in [-0.15, -0.1) is 0 Å². The van der Waals surface area contributed by atoms with Gasteiger partial charge in [0.2, 0.25) is 10.0 Å². The molecule has 0 amide bonds. The van der Waals surface area contributed by atoms with Gasteiger partial charge in [-0.3, -0.25) is 0 Å². The van der Waals surface area contributed by atoms with Gasteiger partial charge in [0.1, 0.15) is 5.75 Å². The minimum atomic E-state index is -3.42. The predicted molar refractivity (Wildman–Crippen MR) is 80.8 cm³/mol. The number of piperidine rings is 1. The molecule has 1 atom stereocenters. The van der Waals surface area contributed by atoms with Crippen molar-refractivity contribution in [1.29, 1.82) is 0 Å². The van der Waals surface area contributed by atoms with Crippen molar-refractivity contribution in [3.63, 3.8) is 0 Å². The van der Waals surface area contributed by atoms with Crippen molar-refractivity contribution in [2.24, 2.45) is 5.73 Å². The van der Waals surface area contributed by atoms with Crippen LogP contribution in [-0.2, 0) is 10.0 Å². The van der Waals surface area contributed by atoms with Crippen LogP contribution in [0.3, 0.4) is 0 Å². The summed E-state index contributed by atoms with van der Waals surface area (Å²) in [6.45, 7) is 3.70. The van der Waals surface area contributed by atoms with E-state index in [2.05, 4.69) is 0 Å². The molecule has 2 heterocycles. The quantitative estimate of drug-likeness (QED) is 0.906. The Morgan fingerprint density at radius 3 is 2.67 bits per heavy atom. The van der Waals surface area contributed by atoms with Crippen LogP contribution in [0.5, 0.6) is 5.75 Å². The van der Waals surface area contributed by atoms with E-state index in [1.807, 2.05) is 6.92 Å². The first-order chi connectivity index (χ1) is 10.00. The summed E-state index contributed by atoms with van der Waals surface area (Å²) < 4.78 is 32.8. The van der Waals surface area contributed by atoms with Gasteiger partial charge in [0.25, 0.3) is 0 Å². The Morgan fingerprint density at radius 2 is 1.95 bits per heavy atom. The molecule has 2 aliphatic heterocycles. The van der Waals surface area contributed by atoms with Crippen molar-refractivity contribution in [3.05, 3.63) is 23.3 Å². The maximum Gasteiger partial charge on any atom is 0.243 e. The molecule has 2 N–H and O–H groups in total. The molecule has 0 aromatic heterocycles. The maximum absolute atomic E-state index is 12.8. The van der Waals surface area contributed by atoms with Crippen molar-refractivity contribution < 1.29 is 13.2 Å². The lowest BCUT2D eigenvalue weighted by Gasteiger charge is -2.28. The van der Waals surface area contributed by atoms with E-state index in [0.717, 1.165) is 42.6 Å². The van der Waals surface area contributed by atoms with E-state index in [1.54, 1.807) is 16.4 Å². The summed E-state index contributed by atoms with van der Waals surface area (Å²) in [5, 5.41) is 0. The van der Waals surface area contributed by atoms with E-state index in [1.165, 1.54) is 0 Å². The highest BCUT2D eigenvalue weighted by atomic mass is 32.2. The minimum Gasteiger partial charge on any atom is -0.493 e. The van der Waals surface area contributed by atoms with Gasteiger partial charge in [-0.2, -0.15) is 4.31 Å². The number of fused-ring (bicyclic) bond motifs is 1. The first kappa shape index (κ1) is 14.8. The normalized spacial score (nSPS) is 23.4. The summed E-state index contributed by atoms with van der Waals surface area (Å²) in [7, 11) is -3.42. The Bertz CT molecular complexity index is 637. The van der Waals surface area contributed by atoms with Crippen LogP contribution in [0.2, 0.25) is 0 Å². The largest absolute Gasteiger partial charge is 0.493 e. The van der Waals surface area contributed by atoms with E-state index in [-0.39, 0.29) is 6.04 Å². The molecule has 0 radical (unpaired) electrons. The number of hydrogen-bond acceptors (Lipinski definition) is 4. The summed E-state index contributed by atoms with van der Waals surface area (Å²) in [5.74, 6) is 0.756. The van der Waals surface area contributed by atoms with Crippen molar-refractivity contribution >= 4 is 10.0 Å². The molecule has 1 unspecified atom stereocenters. The number of nitrogens with zero attached hydrogens (tertiary/aromatic N) is 1. The van der Waals surface area contributed by atoms with E-state index in [0.29, 0.717) is 24.6 Å². The van der Waals surface area contributed by atoms with Crippen LogP contribution in [0.1, 0.15) is 42.9 Å². The molecule has 1 saturated heterocycles. The molecule has 5 nitrogen and oxygen atoms in total. The second-order valence-electron chi connectivity index (χ2n) is 5.87. The molecular weight excluding hydrogens is 288 g/mol. The van der Waals surface area contributed by atoms with Crippen LogP contribution >= 0.6 is 0 Å². The Kier molecular flexibility index (Phi) is 3.94. The summed E-state index contributed by atoms with van der Waals surface area (Å²) in [5.41, 5.74) is 7.78. The number of benzene rings is 1. The first-order valence-corrected chi connectivity index (χ1v) is 8.97. The minimum absolute atomic E-state index is 0.149. The molecule has 116 valence electrons. The fourth-order valence-electron chi connectivity index (χ4n) is 3.09. The lowest BCUT2D eigenvalue weighted by Crippen LogP contribution is -2.35. The first-order valence-electron chi connectivity index (χ1n) is 7.53. The third kappa shape index (κ3) is 2.67. The summed E-state index contributed by atoms with van der Waals surface area (Å²) in [6.07, 6.45) is 3.70. The molecule has 6 heteroatoms. The van der Waals surface area contributed by atoms with Gasteiger partial charge in [0.05, 0.1) is 11.5 Å². The van der Waals surface area contributed by atoms with Crippen molar-refractivity contribution in [2.75, 3.05) is 19.7 Å². The van der Waals surface area contributed by atoms with Gasteiger partial charge in [-0.05, 0) is 37.5 Å². The van der Waals surface area contributed by atoms with Gasteiger partial charge in [0.15, 0.2) is 0 Å². The number of rotatable bonds is 2. The second-order valence-corrected chi connectivity index (χ2v) is 7.80. The van der Waals surface area contributed by atoms with Gasteiger partial charge in [0, 0.05) is 31.1 Å². The molecule has 0 saturated carbocycles. The fraction of sp³-hybridized carbons (Fsp3) is 0.600. The van der Waals surface area contributed by atoms with Crippen molar-refractivity contribution in [1.82, 2.24) is 4.31 Å². The average Bonchev–Trinajstić information content (AvgIpc) is 2.49. The third-order valence-electron chi connectivity index (χ3n) is 4.30. The number of sulfonamides is 1. The van der Waals surface area contributed by atoms with Crippen LogP contribution < -0.4 is 10.5 Å². The highest BCUT2D eigenvalue weighted by Gasteiger charge is 2.29. The zero-order valence-electron chi connectivity index (χ0n) is 12.3. The van der Waals surface area contributed by atoms with E-state index >= 15 is 0 Å². The summed E-state index contributed by atoms with van der Waals surface area (Å²) in [6, 6.07) is 3.26. The van der Waals surface area contributed by atoms with Crippen LogP contribution in [0.15, 0.2) is 17.0 Å². The molecule has 2 aliphatic rings. The molecular formula is C15H22N2O3S. The highest BCUT2D eigenvalue weighted by molar-refractivity contribution is 7.89. The van der Waals surface area contributed by atoms with Crippen LogP contribution in [0, 0.1) is 6.92 Å². The molecule has 0 aliphatic carbocycles. The highest BCUT2D eigenvalue weighted by Crippen LogP contribution is 2.36. The fourth-order valence-corrected chi connectivity index (χ4v) is 4.73. The van der Waals surface area contributed by atoms with Gasteiger partial charge < -0.3 is 10.5 Å². The molecule has 0 bridgehead atoms. The van der Waals surface area contributed by atoms with Crippen LogP contribution in [-0.4, -0.2) is 32.4 Å². The molecule has 3 rings (SSSR count). The number of hydrogen-bond donors (Lipinski definition) is 1. The zero-order chi connectivity index (χ0) is 15.0. The molecule has 1 aromatic carbocycles. The van der Waals surface area contributed by atoms with E-state index in [9.17, 15) is 8.42 Å². The number of aryl methyl sites for hydroxylation is 1. The third-order valence-corrected chi connectivity index (χ3v) is 6.18. The van der Waals surface area contributed by atoms with E-state index in [4.69, 9.17) is 10.5 Å². The maximum atomic E-state index is 12.8. The van der Waals surface area contributed by atoms with Gasteiger partial charge in [-0.1, -0.05) is 6.42 Å². The standard InChI is InChI=1S/C15H22N2O3S/c1-11-9-12(10-13-14(16)5-8-20-15(11)13)21(18,19)17-6-3-2-4-7-17/h9-10,14H,2-8,16H2,1H3. The number of nitrogens with two attached hydrogens (primary N) is 1. The topological polar surface area (TPSA) is 72.6 Å². The number of ether oxygens (including phenoxy) is 1. The molecule has 1 aromatic rings. The van der Waals surface area contributed by atoms with Crippen LogP contribution in [0.4, 0.5) is 0 Å². The molecule has 1 fully saturated rings. The van der Waals surface area contributed by atoms with Crippen LogP contribution in [0.25, 0.3) is 0 Å². The summed E-state index contributed by atoms with van der Waals surface area (Å²) in [4.78, 5) is 0.349.